The molecule has 1 aromatic heterocycles. The number of nitrogens with zero attached hydrogens (tertiary/aromatic N) is 2. The zero-order valence-electron chi connectivity index (χ0n) is 6.58. The second-order valence-electron chi connectivity index (χ2n) is 2.72. The van der Waals surface area contributed by atoms with Crippen molar-refractivity contribution >= 4 is 28.3 Å². The van der Waals surface area contributed by atoms with Crippen molar-refractivity contribution in [2.75, 3.05) is 5.73 Å². The first-order valence-electron chi connectivity index (χ1n) is 3.54. The standard InChI is InChI=1S/C8H8ClN3/c1-12-4-11-7-3-5(9)2-6(10)8(7)12/h2-4H,10H2,1H3. The van der Waals surface area contributed by atoms with Crippen molar-refractivity contribution in [2.45, 2.75) is 0 Å². The highest BCUT2D eigenvalue weighted by molar-refractivity contribution is 6.31. The largest absolute Gasteiger partial charge is 0.397 e. The topological polar surface area (TPSA) is 43.8 Å². The minimum absolute atomic E-state index is 0.624. The number of benzene rings is 1. The summed E-state index contributed by atoms with van der Waals surface area (Å²) >= 11 is 5.80. The van der Waals surface area contributed by atoms with Gasteiger partial charge in [-0.3, -0.25) is 0 Å². The maximum atomic E-state index is 5.80. The lowest BCUT2D eigenvalue weighted by Crippen LogP contribution is -1.91. The summed E-state index contributed by atoms with van der Waals surface area (Å²) in [6.07, 6.45) is 1.72. The lowest BCUT2D eigenvalue weighted by Gasteiger charge is -1.99. The molecule has 1 aromatic carbocycles. The number of fused-ring (bicyclic) bond motifs is 1. The lowest BCUT2D eigenvalue weighted by atomic mass is 10.3. The van der Waals surface area contributed by atoms with Gasteiger partial charge in [0.05, 0.1) is 23.0 Å². The molecule has 2 aromatic rings. The second-order valence-corrected chi connectivity index (χ2v) is 3.15. The predicted octanol–water partition coefficient (Wildman–Crippen LogP) is 1.81. The predicted molar refractivity (Wildman–Crippen MR) is 50.1 cm³/mol. The van der Waals surface area contributed by atoms with Crippen molar-refractivity contribution in [2.24, 2.45) is 7.05 Å². The van der Waals surface area contributed by atoms with Gasteiger partial charge in [-0.2, -0.15) is 0 Å². The molecule has 2 rings (SSSR count). The number of hydrogen-bond donors (Lipinski definition) is 1. The molecule has 0 atom stereocenters. The van der Waals surface area contributed by atoms with E-state index in [4.69, 9.17) is 17.3 Å². The molecule has 0 aliphatic rings. The Morgan fingerprint density at radius 3 is 3.00 bits per heavy atom. The Bertz CT molecular complexity index is 433. The summed E-state index contributed by atoms with van der Waals surface area (Å²) in [6, 6.07) is 3.53. The van der Waals surface area contributed by atoms with Crippen LogP contribution >= 0.6 is 11.6 Å². The molecule has 0 aliphatic carbocycles. The van der Waals surface area contributed by atoms with Crippen LogP contribution in [0.3, 0.4) is 0 Å². The number of anilines is 1. The van der Waals surface area contributed by atoms with Crippen LogP contribution in [0.2, 0.25) is 5.02 Å². The fraction of sp³-hybridized carbons (Fsp3) is 0.125. The minimum Gasteiger partial charge on any atom is -0.397 e. The third-order valence-electron chi connectivity index (χ3n) is 1.81. The maximum Gasteiger partial charge on any atom is 0.0956 e. The molecule has 0 radical (unpaired) electrons. The first kappa shape index (κ1) is 7.43. The van der Waals surface area contributed by atoms with Gasteiger partial charge in [0, 0.05) is 12.1 Å². The molecule has 0 aliphatic heterocycles. The van der Waals surface area contributed by atoms with Crippen molar-refractivity contribution in [1.29, 1.82) is 0 Å². The van der Waals surface area contributed by atoms with Crippen molar-refractivity contribution in [3.05, 3.63) is 23.5 Å². The van der Waals surface area contributed by atoms with E-state index in [0.29, 0.717) is 10.7 Å². The Kier molecular flexibility index (Phi) is 1.48. The van der Waals surface area contributed by atoms with E-state index in [1.54, 1.807) is 18.5 Å². The minimum atomic E-state index is 0.624. The van der Waals surface area contributed by atoms with Gasteiger partial charge in [-0.15, -0.1) is 0 Å². The van der Waals surface area contributed by atoms with Crippen molar-refractivity contribution in [1.82, 2.24) is 9.55 Å². The van der Waals surface area contributed by atoms with E-state index in [2.05, 4.69) is 4.98 Å². The van der Waals surface area contributed by atoms with E-state index < -0.39 is 0 Å². The summed E-state index contributed by atoms with van der Waals surface area (Å²) in [6.45, 7) is 0. The van der Waals surface area contributed by atoms with E-state index in [1.165, 1.54) is 0 Å². The van der Waals surface area contributed by atoms with Crippen LogP contribution in [0, 0.1) is 0 Å². The molecule has 0 spiro atoms. The molecule has 0 saturated carbocycles. The Hall–Kier alpha value is -1.22. The number of rotatable bonds is 0. The summed E-state index contributed by atoms with van der Waals surface area (Å²) in [5.74, 6) is 0. The van der Waals surface area contributed by atoms with E-state index in [9.17, 15) is 0 Å². The zero-order valence-corrected chi connectivity index (χ0v) is 7.34. The molecule has 4 heteroatoms. The van der Waals surface area contributed by atoms with Crippen molar-refractivity contribution < 1.29 is 0 Å². The number of aryl methyl sites for hydroxylation is 1. The number of halogens is 1. The smallest absolute Gasteiger partial charge is 0.0956 e. The summed E-state index contributed by atoms with van der Waals surface area (Å²) in [5.41, 5.74) is 8.19. The van der Waals surface area contributed by atoms with Gasteiger partial charge in [0.2, 0.25) is 0 Å². The van der Waals surface area contributed by atoms with Crippen LogP contribution in [-0.4, -0.2) is 9.55 Å². The zero-order chi connectivity index (χ0) is 8.72. The number of nitrogen functional groups attached to an aromatic ring is 1. The molecule has 12 heavy (non-hydrogen) atoms. The average Bonchev–Trinajstić information content (AvgIpc) is 2.31. The average molecular weight is 182 g/mol. The summed E-state index contributed by atoms with van der Waals surface area (Å²) in [4.78, 5) is 4.14. The molecule has 0 saturated heterocycles. The molecular weight excluding hydrogens is 174 g/mol. The molecule has 0 fully saturated rings. The number of imidazole rings is 1. The second kappa shape index (κ2) is 2.38. The quantitative estimate of drug-likeness (QED) is 0.630. The highest BCUT2D eigenvalue weighted by Crippen LogP contribution is 2.23. The Morgan fingerprint density at radius 1 is 1.50 bits per heavy atom. The molecule has 0 unspecified atom stereocenters. The van der Waals surface area contributed by atoms with Crippen molar-refractivity contribution in [3.63, 3.8) is 0 Å². The van der Waals surface area contributed by atoms with Crippen LogP contribution in [0.1, 0.15) is 0 Å². The fourth-order valence-electron chi connectivity index (χ4n) is 1.29. The van der Waals surface area contributed by atoms with Gasteiger partial charge in [-0.25, -0.2) is 4.98 Å². The van der Waals surface area contributed by atoms with Gasteiger partial charge < -0.3 is 10.3 Å². The van der Waals surface area contributed by atoms with Crippen LogP contribution in [0.25, 0.3) is 11.0 Å². The van der Waals surface area contributed by atoms with Crippen LogP contribution in [-0.2, 0) is 7.05 Å². The van der Waals surface area contributed by atoms with Crippen LogP contribution < -0.4 is 5.73 Å². The van der Waals surface area contributed by atoms with E-state index in [-0.39, 0.29) is 0 Å². The Balaban J connectivity index is 2.93. The first-order chi connectivity index (χ1) is 5.68. The van der Waals surface area contributed by atoms with Gasteiger partial charge in [0.25, 0.3) is 0 Å². The van der Waals surface area contributed by atoms with Gasteiger partial charge in [0.15, 0.2) is 0 Å². The highest BCUT2D eigenvalue weighted by atomic mass is 35.5. The Morgan fingerprint density at radius 2 is 2.25 bits per heavy atom. The fourth-order valence-corrected chi connectivity index (χ4v) is 1.52. The first-order valence-corrected chi connectivity index (χ1v) is 3.92. The SMILES string of the molecule is Cn1cnc2cc(Cl)cc(N)c21. The van der Waals surface area contributed by atoms with E-state index in [0.717, 1.165) is 11.0 Å². The molecule has 1 heterocycles. The van der Waals surface area contributed by atoms with Crippen LogP contribution in [0.15, 0.2) is 18.5 Å². The number of aromatic nitrogens is 2. The van der Waals surface area contributed by atoms with Gasteiger partial charge >= 0.3 is 0 Å². The molecule has 0 bridgehead atoms. The van der Waals surface area contributed by atoms with E-state index >= 15 is 0 Å². The molecule has 62 valence electrons. The van der Waals surface area contributed by atoms with Gasteiger partial charge in [0.1, 0.15) is 0 Å². The lowest BCUT2D eigenvalue weighted by molar-refractivity contribution is 0.949. The third kappa shape index (κ3) is 0.940. The Labute approximate surface area is 74.8 Å². The third-order valence-corrected chi connectivity index (χ3v) is 2.03. The summed E-state index contributed by atoms with van der Waals surface area (Å²) in [5, 5.41) is 0.624. The molecule has 3 nitrogen and oxygen atoms in total. The van der Waals surface area contributed by atoms with Gasteiger partial charge in [-0.1, -0.05) is 11.6 Å². The monoisotopic (exact) mass is 181 g/mol. The highest BCUT2D eigenvalue weighted by Gasteiger charge is 2.04. The summed E-state index contributed by atoms with van der Waals surface area (Å²) < 4.78 is 1.88. The van der Waals surface area contributed by atoms with Crippen LogP contribution in [0.5, 0.6) is 0 Å². The maximum absolute atomic E-state index is 5.80. The molecule has 0 amide bonds. The van der Waals surface area contributed by atoms with Gasteiger partial charge in [-0.05, 0) is 12.1 Å². The molecular formula is C8H8ClN3. The van der Waals surface area contributed by atoms with Crippen LogP contribution in [0.4, 0.5) is 5.69 Å². The number of nitrogens with two attached hydrogens (primary N) is 1. The van der Waals surface area contributed by atoms with Crippen molar-refractivity contribution in [3.8, 4) is 0 Å². The summed E-state index contributed by atoms with van der Waals surface area (Å²) in [7, 11) is 1.90. The normalized spacial score (nSPS) is 10.8. The number of hydrogen-bond acceptors (Lipinski definition) is 2. The van der Waals surface area contributed by atoms with E-state index in [1.807, 2.05) is 11.6 Å². The molecule has 2 N–H and O–H groups in total.